The Labute approximate surface area is 459 Å². The van der Waals surface area contributed by atoms with Crippen molar-refractivity contribution in [1.82, 2.24) is 0 Å². The van der Waals surface area contributed by atoms with Crippen LogP contribution in [0.2, 0.25) is 0 Å². The average molecular weight is 1000 g/mol. The highest BCUT2D eigenvalue weighted by Crippen LogP contribution is 2.55. The molecule has 0 bridgehead atoms. The van der Waals surface area contributed by atoms with Crippen LogP contribution < -0.4 is 9.80 Å². The number of benzene rings is 10. The first kappa shape index (κ1) is 46.6. The van der Waals surface area contributed by atoms with Gasteiger partial charge in [0.1, 0.15) is 0 Å². The van der Waals surface area contributed by atoms with Crippen LogP contribution in [0.4, 0.5) is 28.4 Å². The van der Waals surface area contributed by atoms with Crippen molar-refractivity contribution in [3.8, 4) is 0 Å². The largest absolute Gasteiger partial charge is 0.310 e. The third kappa shape index (κ3) is 7.15. The molecule has 0 radical (unpaired) electrons. The lowest BCUT2D eigenvalue weighted by atomic mass is 9.70. The molecule has 0 saturated carbocycles. The van der Waals surface area contributed by atoms with Crippen LogP contribution >= 0.6 is 0 Å². The highest BCUT2D eigenvalue weighted by molar-refractivity contribution is 6.18. The second kappa shape index (κ2) is 17.9. The van der Waals surface area contributed by atoms with Gasteiger partial charge in [-0.05, 0) is 197 Å². The van der Waals surface area contributed by atoms with E-state index in [2.05, 4.69) is 268 Å². The summed E-state index contributed by atoms with van der Waals surface area (Å²) in [5.41, 5.74) is 23.7. The van der Waals surface area contributed by atoms with Gasteiger partial charge in [0.25, 0.3) is 0 Å². The molecule has 15 rings (SSSR count). The van der Waals surface area contributed by atoms with Crippen molar-refractivity contribution in [1.29, 1.82) is 0 Å². The Kier molecular flexibility index (Phi) is 10.7. The predicted octanol–water partition coefficient (Wildman–Crippen LogP) is 21.0. The van der Waals surface area contributed by atoms with Gasteiger partial charge in [-0.25, -0.2) is 0 Å². The molecule has 78 heavy (non-hydrogen) atoms. The number of hydrogen-bond acceptors (Lipinski definition) is 2. The second-order valence-corrected chi connectivity index (χ2v) is 23.3. The van der Waals surface area contributed by atoms with E-state index in [9.17, 15) is 0 Å². The minimum Gasteiger partial charge on any atom is -0.310 e. The quantitative estimate of drug-likeness (QED) is 0.153. The zero-order valence-corrected chi connectivity index (χ0v) is 45.1. The van der Waals surface area contributed by atoms with Gasteiger partial charge in [0, 0.05) is 27.9 Å². The van der Waals surface area contributed by atoms with Crippen LogP contribution in [0, 0.1) is 0 Å². The van der Waals surface area contributed by atoms with Gasteiger partial charge < -0.3 is 9.80 Å². The summed E-state index contributed by atoms with van der Waals surface area (Å²) in [6.45, 7) is 9.62. The Morgan fingerprint density at radius 1 is 0.346 bits per heavy atom. The SMILES string of the molecule is CC1(C)C2=C(C=CCC2)N(c2ccc3c(C4=CC=C(c5cccc6ccccc56)CC4)c4cc(N5c6ccccc6C(C)(C)c6ccccc65)ccc4c(C4=CC=C(c5cccc6ccccc56)CC4)c3c2)c2ccccc21. The van der Waals surface area contributed by atoms with Gasteiger partial charge in [-0.15, -0.1) is 0 Å². The summed E-state index contributed by atoms with van der Waals surface area (Å²) in [4.78, 5) is 5.12. The topological polar surface area (TPSA) is 6.48 Å². The van der Waals surface area contributed by atoms with Crippen molar-refractivity contribution in [2.75, 3.05) is 9.80 Å². The molecule has 0 unspecified atom stereocenters. The van der Waals surface area contributed by atoms with Crippen molar-refractivity contribution >= 4 is 93.8 Å². The molecule has 0 atom stereocenters. The zero-order chi connectivity index (χ0) is 52.3. The van der Waals surface area contributed by atoms with Crippen LogP contribution in [-0.2, 0) is 10.8 Å². The lowest BCUT2D eigenvalue weighted by molar-refractivity contribution is 0.571. The maximum absolute atomic E-state index is 2.58. The summed E-state index contributed by atoms with van der Waals surface area (Å²) >= 11 is 0. The van der Waals surface area contributed by atoms with Gasteiger partial charge in [0.2, 0.25) is 0 Å². The van der Waals surface area contributed by atoms with E-state index in [0.717, 1.165) is 38.5 Å². The van der Waals surface area contributed by atoms with Gasteiger partial charge in [-0.2, -0.15) is 0 Å². The van der Waals surface area contributed by atoms with E-state index >= 15 is 0 Å². The maximum Gasteiger partial charge on any atom is 0.0502 e. The molecule has 0 spiro atoms. The molecule has 10 aromatic rings. The molecule has 0 aromatic heterocycles. The van der Waals surface area contributed by atoms with Gasteiger partial charge in [-0.3, -0.25) is 0 Å². The summed E-state index contributed by atoms with van der Waals surface area (Å²) in [7, 11) is 0. The Bertz CT molecular complexity index is 4330. The van der Waals surface area contributed by atoms with Crippen molar-refractivity contribution in [2.24, 2.45) is 0 Å². The standard InChI is InChI=1S/C76H62N2/c1-75(2)65-27-9-13-31-69(65)77(70-32-14-10-28-66(70)75)55-43-45-61-63(47-55)73(53-39-35-51(36-40-53)59-25-17-21-49-19-5-7-23-57(49)59)62-46-44-56(78-71-33-15-11-29-67(71)76(3,4)68-30-12-16-34-72(68)78)48-64(62)74(61)54-41-37-52(38-42-54)60-26-18-22-50-20-6-8-24-58(50)60/h5-11,13-29,31-35,37,39,41,43-48H,12,30,36,38,40,42H2,1-4H3. The molecule has 10 aromatic carbocycles. The third-order valence-electron chi connectivity index (χ3n) is 18.4. The predicted molar refractivity (Wildman–Crippen MR) is 334 cm³/mol. The van der Waals surface area contributed by atoms with E-state index in [1.54, 1.807) is 0 Å². The van der Waals surface area contributed by atoms with Gasteiger partial charge in [0.05, 0.1) is 17.1 Å². The van der Waals surface area contributed by atoms with E-state index in [4.69, 9.17) is 0 Å². The average Bonchev–Trinajstić information content (AvgIpc) is 3.63. The molecular weight excluding hydrogens is 941 g/mol. The molecule has 2 heterocycles. The number of fused-ring (bicyclic) bond motifs is 7. The molecule has 2 nitrogen and oxygen atoms in total. The smallest absolute Gasteiger partial charge is 0.0502 e. The number of hydrogen-bond donors (Lipinski definition) is 0. The molecule has 0 saturated heterocycles. The van der Waals surface area contributed by atoms with Crippen molar-refractivity contribution in [2.45, 2.75) is 77.0 Å². The Morgan fingerprint density at radius 3 is 1.28 bits per heavy atom. The monoisotopic (exact) mass is 1000 g/mol. The number of anilines is 5. The number of rotatable bonds is 6. The first-order valence-corrected chi connectivity index (χ1v) is 28.3. The fourth-order valence-corrected chi connectivity index (χ4v) is 14.5. The Morgan fingerprint density at radius 2 is 0.769 bits per heavy atom. The van der Waals surface area contributed by atoms with Crippen molar-refractivity contribution < 1.29 is 0 Å². The van der Waals surface area contributed by atoms with Crippen LogP contribution in [-0.4, -0.2) is 0 Å². The van der Waals surface area contributed by atoms with Gasteiger partial charge in [0.15, 0.2) is 0 Å². The fourth-order valence-electron chi connectivity index (χ4n) is 14.5. The van der Waals surface area contributed by atoms with Crippen LogP contribution in [0.3, 0.4) is 0 Å². The number of nitrogens with zero attached hydrogens (tertiary/aromatic N) is 2. The lowest BCUT2D eigenvalue weighted by Crippen LogP contribution is -2.34. The van der Waals surface area contributed by atoms with Crippen molar-refractivity contribution in [3.05, 3.63) is 281 Å². The molecule has 0 fully saturated rings. The second-order valence-electron chi connectivity index (χ2n) is 23.3. The van der Waals surface area contributed by atoms with Gasteiger partial charge >= 0.3 is 0 Å². The van der Waals surface area contributed by atoms with E-state index in [-0.39, 0.29) is 10.8 Å². The first-order chi connectivity index (χ1) is 38.2. The van der Waals surface area contributed by atoms with Crippen LogP contribution in [0.1, 0.15) is 105 Å². The molecule has 5 aliphatic rings. The third-order valence-corrected chi connectivity index (χ3v) is 18.4. The normalized spacial score (nSPS) is 17.3. The molecule has 376 valence electrons. The Balaban J connectivity index is 1.01. The maximum atomic E-state index is 2.58. The molecule has 2 aliphatic heterocycles. The van der Waals surface area contributed by atoms with E-state index in [0.29, 0.717) is 0 Å². The zero-order valence-electron chi connectivity index (χ0n) is 45.1. The highest BCUT2D eigenvalue weighted by atomic mass is 15.2. The van der Waals surface area contributed by atoms with Crippen LogP contribution in [0.15, 0.2) is 242 Å². The van der Waals surface area contributed by atoms with E-state index < -0.39 is 0 Å². The molecule has 0 N–H and O–H groups in total. The summed E-state index contributed by atoms with van der Waals surface area (Å²) in [5, 5.41) is 10.4. The van der Waals surface area contributed by atoms with Crippen LogP contribution in [0.5, 0.6) is 0 Å². The molecule has 0 amide bonds. The summed E-state index contributed by atoms with van der Waals surface area (Å²) in [6.07, 6.45) is 20.5. The highest BCUT2D eigenvalue weighted by Gasteiger charge is 2.40. The van der Waals surface area contributed by atoms with E-state index in [1.165, 1.54) is 144 Å². The van der Waals surface area contributed by atoms with E-state index in [1.807, 2.05) is 0 Å². The fraction of sp³-hybridized carbons (Fsp3) is 0.158. The number of para-hydroxylation sites is 3. The molecule has 2 heteroatoms. The lowest BCUT2D eigenvalue weighted by Gasteiger charge is -2.44. The Hall–Kier alpha value is -8.72. The minimum atomic E-state index is -0.158. The molecular formula is C76H62N2. The van der Waals surface area contributed by atoms with Gasteiger partial charge in [-0.1, -0.05) is 210 Å². The summed E-state index contributed by atoms with van der Waals surface area (Å²) in [6, 6.07) is 73.5. The summed E-state index contributed by atoms with van der Waals surface area (Å²) < 4.78 is 0. The molecule has 3 aliphatic carbocycles. The van der Waals surface area contributed by atoms with Crippen molar-refractivity contribution in [3.63, 3.8) is 0 Å². The minimum absolute atomic E-state index is 0.0751. The number of allylic oxidation sites excluding steroid dienone is 11. The van der Waals surface area contributed by atoms with Crippen LogP contribution in [0.25, 0.3) is 65.4 Å². The first-order valence-electron chi connectivity index (χ1n) is 28.3. The summed E-state index contributed by atoms with van der Waals surface area (Å²) in [5.74, 6) is 0.